The maximum atomic E-state index is 12.7. The van der Waals surface area contributed by atoms with Crippen molar-refractivity contribution < 1.29 is 13.2 Å². The summed E-state index contributed by atoms with van der Waals surface area (Å²) < 4.78 is 38.0. The quantitative estimate of drug-likeness (QED) is 0.902. The van der Waals surface area contributed by atoms with Gasteiger partial charge in [-0.3, -0.25) is 4.90 Å². The molecule has 2 nitrogen and oxygen atoms in total. The first-order valence-electron chi connectivity index (χ1n) is 7.63. The standard InChI is InChI=1S/C16H21F3N2/c17-16(18,19)15-4-7-21(8-5-15)11-12-1-2-13-3-6-20-10-14(13)9-12/h1-2,9,15,20H,3-8,10-11H2. The molecular formula is C16H21F3N2. The van der Waals surface area contributed by atoms with E-state index in [0.29, 0.717) is 13.1 Å². The lowest BCUT2D eigenvalue weighted by Crippen LogP contribution is -2.38. The Balaban J connectivity index is 1.58. The zero-order chi connectivity index (χ0) is 14.9. The highest BCUT2D eigenvalue weighted by molar-refractivity contribution is 5.33. The molecule has 2 aliphatic rings. The highest BCUT2D eigenvalue weighted by Crippen LogP contribution is 2.34. The van der Waals surface area contributed by atoms with Crippen molar-refractivity contribution in [3.8, 4) is 0 Å². The summed E-state index contributed by atoms with van der Waals surface area (Å²) in [6, 6.07) is 6.51. The van der Waals surface area contributed by atoms with Gasteiger partial charge in [-0.05, 0) is 55.6 Å². The van der Waals surface area contributed by atoms with Crippen LogP contribution in [0.1, 0.15) is 29.5 Å². The van der Waals surface area contributed by atoms with E-state index in [1.807, 2.05) is 0 Å². The summed E-state index contributed by atoms with van der Waals surface area (Å²) in [5, 5.41) is 3.36. The number of likely N-dealkylation sites (tertiary alicyclic amines) is 1. The molecule has 2 aliphatic heterocycles. The van der Waals surface area contributed by atoms with Crippen LogP contribution >= 0.6 is 0 Å². The van der Waals surface area contributed by atoms with Crippen LogP contribution in [0.25, 0.3) is 0 Å². The highest BCUT2D eigenvalue weighted by atomic mass is 19.4. The van der Waals surface area contributed by atoms with Crippen molar-refractivity contribution in [1.29, 1.82) is 0 Å². The Bertz CT molecular complexity index is 491. The molecule has 0 atom stereocenters. The van der Waals surface area contributed by atoms with E-state index in [1.54, 1.807) is 0 Å². The van der Waals surface area contributed by atoms with Gasteiger partial charge < -0.3 is 5.32 Å². The number of halogens is 3. The second-order valence-corrected chi connectivity index (χ2v) is 6.12. The molecule has 0 unspecified atom stereocenters. The maximum absolute atomic E-state index is 12.7. The van der Waals surface area contributed by atoms with Crippen LogP contribution in [0.2, 0.25) is 0 Å². The SMILES string of the molecule is FC(F)(F)C1CCN(Cc2ccc3c(c2)CNCC3)CC1. The van der Waals surface area contributed by atoms with E-state index in [0.717, 1.165) is 26.1 Å². The summed E-state index contributed by atoms with van der Waals surface area (Å²) in [6.45, 7) is 3.77. The van der Waals surface area contributed by atoms with Gasteiger partial charge in [0.2, 0.25) is 0 Å². The van der Waals surface area contributed by atoms with Gasteiger partial charge >= 0.3 is 6.18 Å². The van der Waals surface area contributed by atoms with Gasteiger partial charge in [-0.15, -0.1) is 0 Å². The number of hydrogen-bond acceptors (Lipinski definition) is 2. The maximum Gasteiger partial charge on any atom is 0.391 e. The zero-order valence-electron chi connectivity index (χ0n) is 12.0. The molecule has 116 valence electrons. The largest absolute Gasteiger partial charge is 0.391 e. The number of nitrogens with one attached hydrogen (secondary N) is 1. The second-order valence-electron chi connectivity index (χ2n) is 6.12. The van der Waals surface area contributed by atoms with E-state index in [9.17, 15) is 13.2 Å². The Morgan fingerprint density at radius 1 is 1.14 bits per heavy atom. The molecule has 3 rings (SSSR count). The second kappa shape index (κ2) is 5.97. The highest BCUT2D eigenvalue weighted by Gasteiger charge is 2.40. The summed E-state index contributed by atoms with van der Waals surface area (Å²) in [5.74, 6) is -1.11. The summed E-state index contributed by atoms with van der Waals surface area (Å²) in [7, 11) is 0. The average molecular weight is 298 g/mol. The Hall–Kier alpha value is -1.07. The van der Waals surface area contributed by atoms with E-state index in [4.69, 9.17) is 0 Å². The number of nitrogens with zero attached hydrogens (tertiary/aromatic N) is 1. The lowest BCUT2D eigenvalue weighted by molar-refractivity contribution is -0.185. The molecule has 0 radical (unpaired) electrons. The predicted octanol–water partition coefficient (Wildman–Crippen LogP) is 3.11. The van der Waals surface area contributed by atoms with Crippen molar-refractivity contribution in [2.45, 2.75) is 38.5 Å². The van der Waals surface area contributed by atoms with Crippen LogP contribution in [-0.4, -0.2) is 30.7 Å². The summed E-state index contributed by atoms with van der Waals surface area (Å²) in [6.07, 6.45) is -2.50. The van der Waals surface area contributed by atoms with E-state index < -0.39 is 12.1 Å². The predicted molar refractivity (Wildman–Crippen MR) is 75.9 cm³/mol. The molecule has 1 N–H and O–H groups in total. The molecule has 0 aliphatic carbocycles. The summed E-state index contributed by atoms with van der Waals surface area (Å²) in [5.41, 5.74) is 3.94. The van der Waals surface area contributed by atoms with Crippen LogP contribution in [0.5, 0.6) is 0 Å². The van der Waals surface area contributed by atoms with Crippen LogP contribution in [0.3, 0.4) is 0 Å². The van der Waals surface area contributed by atoms with Crippen molar-refractivity contribution in [3.63, 3.8) is 0 Å². The van der Waals surface area contributed by atoms with Crippen LogP contribution in [0, 0.1) is 5.92 Å². The van der Waals surface area contributed by atoms with Gasteiger partial charge in [0.25, 0.3) is 0 Å². The van der Waals surface area contributed by atoms with Gasteiger partial charge in [0, 0.05) is 13.1 Å². The third-order valence-corrected chi connectivity index (χ3v) is 4.61. The fraction of sp³-hybridized carbons (Fsp3) is 0.625. The molecule has 0 bridgehead atoms. The van der Waals surface area contributed by atoms with E-state index in [-0.39, 0.29) is 12.8 Å². The molecule has 21 heavy (non-hydrogen) atoms. The Morgan fingerprint density at radius 3 is 2.62 bits per heavy atom. The number of fused-ring (bicyclic) bond motifs is 1. The number of hydrogen-bond donors (Lipinski definition) is 1. The van der Waals surface area contributed by atoms with Gasteiger partial charge in [-0.2, -0.15) is 13.2 Å². The van der Waals surface area contributed by atoms with Crippen molar-refractivity contribution in [2.75, 3.05) is 19.6 Å². The Kier molecular flexibility index (Phi) is 4.22. The third-order valence-electron chi connectivity index (χ3n) is 4.61. The minimum absolute atomic E-state index is 0.232. The van der Waals surface area contributed by atoms with Crippen molar-refractivity contribution >= 4 is 0 Å². The molecule has 1 fully saturated rings. The minimum atomic E-state index is -4.02. The van der Waals surface area contributed by atoms with Gasteiger partial charge in [-0.25, -0.2) is 0 Å². The third kappa shape index (κ3) is 3.58. The fourth-order valence-electron chi connectivity index (χ4n) is 3.31. The van der Waals surface area contributed by atoms with Crippen molar-refractivity contribution in [1.82, 2.24) is 10.2 Å². The van der Waals surface area contributed by atoms with Crippen molar-refractivity contribution in [3.05, 3.63) is 34.9 Å². The monoisotopic (exact) mass is 298 g/mol. The number of benzene rings is 1. The Morgan fingerprint density at radius 2 is 1.90 bits per heavy atom. The lowest BCUT2D eigenvalue weighted by Gasteiger charge is -2.33. The molecule has 5 heteroatoms. The van der Waals surface area contributed by atoms with Crippen molar-refractivity contribution in [2.24, 2.45) is 5.92 Å². The average Bonchev–Trinajstić information content (AvgIpc) is 2.47. The zero-order valence-corrected chi connectivity index (χ0v) is 12.0. The molecule has 2 heterocycles. The molecule has 0 spiro atoms. The molecule has 1 aromatic rings. The van der Waals surface area contributed by atoms with E-state index >= 15 is 0 Å². The van der Waals surface area contributed by atoms with Gasteiger partial charge in [0.1, 0.15) is 0 Å². The molecule has 0 amide bonds. The molecule has 0 saturated carbocycles. The van der Waals surface area contributed by atoms with Crippen LogP contribution in [0.4, 0.5) is 13.2 Å². The van der Waals surface area contributed by atoms with E-state index in [2.05, 4.69) is 28.4 Å². The summed E-state index contributed by atoms with van der Waals surface area (Å²) in [4.78, 5) is 2.14. The molecular weight excluding hydrogens is 277 g/mol. The van der Waals surface area contributed by atoms with Gasteiger partial charge in [0.15, 0.2) is 0 Å². The summed E-state index contributed by atoms with van der Waals surface area (Å²) >= 11 is 0. The molecule has 0 aromatic heterocycles. The Labute approximate surface area is 123 Å². The number of rotatable bonds is 2. The van der Waals surface area contributed by atoms with E-state index in [1.165, 1.54) is 16.7 Å². The molecule has 1 saturated heterocycles. The number of alkyl halides is 3. The fourth-order valence-corrected chi connectivity index (χ4v) is 3.31. The van der Waals surface area contributed by atoms with Crippen LogP contribution in [0.15, 0.2) is 18.2 Å². The molecule has 1 aromatic carbocycles. The van der Waals surface area contributed by atoms with Gasteiger partial charge in [-0.1, -0.05) is 18.2 Å². The smallest absolute Gasteiger partial charge is 0.312 e. The first-order chi connectivity index (χ1) is 10.0. The van der Waals surface area contributed by atoms with Gasteiger partial charge in [0.05, 0.1) is 5.92 Å². The normalized spacial score (nSPS) is 21.3. The first kappa shape index (κ1) is 14.9. The first-order valence-corrected chi connectivity index (χ1v) is 7.63. The minimum Gasteiger partial charge on any atom is -0.312 e. The van der Waals surface area contributed by atoms with Crippen LogP contribution in [-0.2, 0) is 19.5 Å². The topological polar surface area (TPSA) is 15.3 Å². The number of piperidine rings is 1. The lowest BCUT2D eigenvalue weighted by atomic mass is 9.95. The van der Waals surface area contributed by atoms with Crippen LogP contribution < -0.4 is 5.32 Å².